The molecular weight excluding hydrogens is 264 g/mol. The van der Waals surface area contributed by atoms with Crippen molar-refractivity contribution < 1.29 is 4.74 Å². The van der Waals surface area contributed by atoms with E-state index in [1.165, 1.54) is 0 Å². The lowest BCUT2D eigenvalue weighted by atomic mass is 9.74. The van der Waals surface area contributed by atoms with Crippen LogP contribution in [0.4, 0.5) is 0 Å². The van der Waals surface area contributed by atoms with E-state index in [4.69, 9.17) is 10.5 Å². The number of rotatable bonds is 2. The minimum atomic E-state index is -0.0140. The van der Waals surface area contributed by atoms with Crippen LogP contribution < -0.4 is 10.5 Å². The van der Waals surface area contributed by atoms with Crippen molar-refractivity contribution in [3.05, 3.63) is 34.9 Å². The van der Waals surface area contributed by atoms with Gasteiger partial charge in [0.25, 0.3) is 0 Å². The van der Waals surface area contributed by atoms with Gasteiger partial charge in [-0.2, -0.15) is 5.26 Å². The molecule has 0 amide bonds. The lowest BCUT2D eigenvalue weighted by molar-refractivity contribution is 0.338. The zero-order valence-corrected chi connectivity index (χ0v) is 12.4. The number of hydrogen-bond donors (Lipinski definition) is 2. The molecule has 0 radical (unpaired) electrons. The molecule has 0 aromatic carbocycles. The van der Waals surface area contributed by atoms with Crippen LogP contribution in [-0.2, 0) is 0 Å². The Morgan fingerprint density at radius 2 is 2.29 bits per heavy atom. The van der Waals surface area contributed by atoms with E-state index in [1.807, 2.05) is 0 Å². The fourth-order valence-electron chi connectivity index (χ4n) is 3.34. The number of fused-ring (bicyclic) bond motifs is 1. The highest BCUT2D eigenvalue weighted by Crippen LogP contribution is 2.47. The summed E-state index contributed by atoms with van der Waals surface area (Å²) in [5, 5.41) is 16.9. The van der Waals surface area contributed by atoms with Crippen molar-refractivity contribution in [2.75, 3.05) is 0 Å². The highest BCUT2D eigenvalue weighted by atomic mass is 16.5. The molecule has 2 unspecified atom stereocenters. The number of aromatic nitrogens is 2. The van der Waals surface area contributed by atoms with Gasteiger partial charge in [0, 0.05) is 17.2 Å². The third kappa shape index (κ3) is 2.21. The highest BCUT2D eigenvalue weighted by Gasteiger charge is 2.39. The second kappa shape index (κ2) is 5.28. The molecule has 1 aliphatic heterocycles. The summed E-state index contributed by atoms with van der Waals surface area (Å²) in [7, 11) is 0. The molecule has 110 valence electrons. The summed E-state index contributed by atoms with van der Waals surface area (Å²) in [4.78, 5) is 0. The van der Waals surface area contributed by atoms with Crippen molar-refractivity contribution in [1.29, 1.82) is 5.26 Å². The van der Waals surface area contributed by atoms with Crippen molar-refractivity contribution in [2.24, 2.45) is 11.7 Å². The first kappa shape index (κ1) is 13.7. The third-order valence-corrected chi connectivity index (χ3v) is 4.37. The number of nitrogens with two attached hydrogens (primary N) is 1. The van der Waals surface area contributed by atoms with Gasteiger partial charge in [0.2, 0.25) is 11.8 Å². The van der Waals surface area contributed by atoms with Gasteiger partial charge in [-0.15, -0.1) is 5.10 Å². The Balaban J connectivity index is 2.12. The van der Waals surface area contributed by atoms with E-state index in [-0.39, 0.29) is 11.8 Å². The second-order valence-electron chi connectivity index (χ2n) is 6.02. The standard InChI is InChI=1S/C16H20N4O/c1-9(2)14-13-12(10-6-4-3-5-7-10)11(8-17)15(18)21-16(13)20-19-14/h3-4,9-10,12H,5-7,18H2,1-2H3,(H,19,20). The van der Waals surface area contributed by atoms with Gasteiger partial charge < -0.3 is 10.5 Å². The SMILES string of the molecule is CC(C)c1[nH]nc2c1C(C1CC=CCC1)C(C#N)=C(N)O2. The predicted molar refractivity (Wildman–Crippen MR) is 79.4 cm³/mol. The van der Waals surface area contributed by atoms with E-state index in [2.05, 4.69) is 42.3 Å². The van der Waals surface area contributed by atoms with Crippen molar-refractivity contribution in [3.63, 3.8) is 0 Å². The van der Waals surface area contributed by atoms with Crippen molar-refractivity contribution in [1.82, 2.24) is 10.2 Å². The molecule has 2 heterocycles. The average molecular weight is 284 g/mol. The van der Waals surface area contributed by atoms with Crippen LogP contribution >= 0.6 is 0 Å². The van der Waals surface area contributed by atoms with Crippen LogP contribution in [0.25, 0.3) is 0 Å². The molecule has 5 heteroatoms. The quantitative estimate of drug-likeness (QED) is 0.817. The maximum absolute atomic E-state index is 9.54. The Morgan fingerprint density at radius 3 is 2.90 bits per heavy atom. The number of H-pyrrole nitrogens is 1. The topological polar surface area (TPSA) is 87.7 Å². The van der Waals surface area contributed by atoms with Gasteiger partial charge in [-0.05, 0) is 31.1 Å². The van der Waals surface area contributed by atoms with E-state index in [0.29, 0.717) is 23.3 Å². The first-order valence-electron chi connectivity index (χ1n) is 7.44. The van der Waals surface area contributed by atoms with E-state index in [0.717, 1.165) is 30.5 Å². The molecule has 3 N–H and O–H groups in total. The monoisotopic (exact) mass is 284 g/mol. The average Bonchev–Trinajstić information content (AvgIpc) is 2.90. The van der Waals surface area contributed by atoms with Crippen molar-refractivity contribution in [2.45, 2.75) is 44.9 Å². The van der Waals surface area contributed by atoms with Crippen LogP contribution in [0, 0.1) is 17.2 Å². The second-order valence-corrected chi connectivity index (χ2v) is 6.02. The molecule has 1 aliphatic carbocycles. The van der Waals surface area contributed by atoms with Gasteiger partial charge in [-0.3, -0.25) is 5.10 Å². The van der Waals surface area contributed by atoms with Crippen molar-refractivity contribution in [3.8, 4) is 11.9 Å². The summed E-state index contributed by atoms with van der Waals surface area (Å²) in [6.45, 7) is 4.22. The maximum Gasteiger partial charge on any atom is 0.243 e. The molecule has 1 aromatic rings. The zero-order valence-electron chi connectivity index (χ0n) is 12.4. The number of ether oxygens (including phenoxy) is 1. The van der Waals surface area contributed by atoms with Crippen LogP contribution in [0.2, 0.25) is 0 Å². The van der Waals surface area contributed by atoms with Gasteiger partial charge in [0.15, 0.2) is 0 Å². The van der Waals surface area contributed by atoms with Gasteiger partial charge in [-0.1, -0.05) is 26.0 Å². The molecule has 2 aliphatic rings. The molecular formula is C16H20N4O. The first-order valence-corrected chi connectivity index (χ1v) is 7.44. The number of hydrogen-bond acceptors (Lipinski definition) is 4. The molecule has 0 spiro atoms. The minimum Gasteiger partial charge on any atom is -0.420 e. The lowest BCUT2D eigenvalue weighted by Gasteiger charge is -2.31. The molecule has 5 nitrogen and oxygen atoms in total. The van der Waals surface area contributed by atoms with E-state index in [9.17, 15) is 5.26 Å². The summed E-state index contributed by atoms with van der Waals surface area (Å²) in [6, 6.07) is 2.26. The molecule has 3 rings (SSSR count). The Morgan fingerprint density at radius 1 is 1.48 bits per heavy atom. The summed E-state index contributed by atoms with van der Waals surface area (Å²) in [6.07, 6.45) is 7.47. The number of nitrogens with zero attached hydrogens (tertiary/aromatic N) is 2. The maximum atomic E-state index is 9.54. The third-order valence-electron chi connectivity index (χ3n) is 4.37. The summed E-state index contributed by atoms with van der Waals surface area (Å²) in [5.41, 5.74) is 8.57. The van der Waals surface area contributed by atoms with Crippen LogP contribution in [0.5, 0.6) is 5.88 Å². The van der Waals surface area contributed by atoms with Crippen molar-refractivity contribution >= 4 is 0 Å². The number of allylic oxidation sites excluding steroid dienone is 3. The fourth-order valence-corrected chi connectivity index (χ4v) is 3.34. The van der Waals surface area contributed by atoms with Gasteiger partial charge in [0.1, 0.15) is 6.07 Å². The van der Waals surface area contributed by atoms with Crippen LogP contribution in [0.3, 0.4) is 0 Å². The van der Waals surface area contributed by atoms with Crippen LogP contribution in [0.15, 0.2) is 23.6 Å². The Bertz CT molecular complexity index is 648. The molecule has 1 aromatic heterocycles. The molecule has 21 heavy (non-hydrogen) atoms. The minimum absolute atomic E-state index is 0.0140. The Labute approximate surface area is 124 Å². The van der Waals surface area contributed by atoms with Gasteiger partial charge in [-0.25, -0.2) is 0 Å². The predicted octanol–water partition coefficient (Wildman–Crippen LogP) is 3.06. The Hall–Kier alpha value is -2.22. The molecule has 0 saturated heterocycles. The highest BCUT2D eigenvalue weighted by molar-refractivity contribution is 5.50. The largest absolute Gasteiger partial charge is 0.420 e. The first-order chi connectivity index (χ1) is 10.1. The number of aromatic amines is 1. The fraction of sp³-hybridized carbons (Fsp3) is 0.500. The number of nitrogens with one attached hydrogen (secondary N) is 1. The zero-order chi connectivity index (χ0) is 15.0. The van der Waals surface area contributed by atoms with E-state index < -0.39 is 0 Å². The number of nitriles is 1. The van der Waals surface area contributed by atoms with Crippen LogP contribution in [-0.4, -0.2) is 10.2 Å². The molecule has 0 bridgehead atoms. The van der Waals surface area contributed by atoms with Crippen LogP contribution in [0.1, 0.15) is 56.2 Å². The summed E-state index contributed by atoms with van der Waals surface area (Å²) < 4.78 is 5.56. The summed E-state index contributed by atoms with van der Waals surface area (Å²) >= 11 is 0. The Kier molecular flexibility index (Phi) is 3.46. The normalized spacial score (nSPS) is 24.7. The van der Waals surface area contributed by atoms with Gasteiger partial charge >= 0.3 is 0 Å². The molecule has 0 saturated carbocycles. The molecule has 2 atom stereocenters. The van der Waals surface area contributed by atoms with Gasteiger partial charge in [0.05, 0.1) is 5.57 Å². The van der Waals surface area contributed by atoms with E-state index >= 15 is 0 Å². The smallest absolute Gasteiger partial charge is 0.243 e. The summed E-state index contributed by atoms with van der Waals surface area (Å²) in [5.74, 6) is 1.40. The van der Waals surface area contributed by atoms with E-state index in [1.54, 1.807) is 0 Å². The molecule has 0 fully saturated rings. The lowest BCUT2D eigenvalue weighted by Crippen LogP contribution is -2.26.